The van der Waals surface area contributed by atoms with Gasteiger partial charge in [0.25, 0.3) is 11.5 Å². The van der Waals surface area contributed by atoms with Crippen LogP contribution in [0.5, 0.6) is 0 Å². The molecule has 19 heavy (non-hydrogen) atoms. The van der Waals surface area contributed by atoms with Crippen LogP contribution in [0.4, 0.5) is 0 Å². The van der Waals surface area contributed by atoms with E-state index in [-0.39, 0.29) is 17.5 Å². The van der Waals surface area contributed by atoms with Crippen molar-refractivity contribution in [2.24, 2.45) is 7.05 Å². The van der Waals surface area contributed by atoms with Gasteiger partial charge < -0.3 is 5.32 Å². The summed E-state index contributed by atoms with van der Waals surface area (Å²) >= 11 is 1.27. The van der Waals surface area contributed by atoms with Gasteiger partial charge in [0.2, 0.25) is 0 Å². The van der Waals surface area contributed by atoms with Crippen molar-refractivity contribution in [1.82, 2.24) is 14.9 Å². The topological polar surface area (TPSA) is 64.0 Å². The van der Waals surface area contributed by atoms with Gasteiger partial charge >= 0.3 is 0 Å². The standard InChI is InChI=1S/C13H17N3O2S/c1-6(2)14-11(17)10-7(3)9-12(19-10)15-8(4)16(5)13(9)18/h6H,1-5H3,(H,14,17). The molecule has 0 radical (unpaired) electrons. The minimum absolute atomic E-state index is 0.0645. The molecule has 0 saturated carbocycles. The predicted octanol–water partition coefficient (Wildman–Crippen LogP) is 1.75. The number of fused-ring (bicyclic) bond motifs is 1. The fourth-order valence-corrected chi connectivity index (χ4v) is 3.03. The molecule has 1 N–H and O–H groups in total. The fourth-order valence-electron chi connectivity index (χ4n) is 1.91. The second-order valence-electron chi connectivity index (χ2n) is 4.89. The van der Waals surface area contributed by atoms with Gasteiger partial charge in [0, 0.05) is 13.1 Å². The maximum Gasteiger partial charge on any atom is 0.262 e. The van der Waals surface area contributed by atoms with Crippen molar-refractivity contribution in [2.75, 3.05) is 0 Å². The molecule has 0 aromatic carbocycles. The summed E-state index contributed by atoms with van der Waals surface area (Å²) in [6.45, 7) is 7.39. The first kappa shape index (κ1) is 13.7. The highest BCUT2D eigenvalue weighted by atomic mass is 32.1. The van der Waals surface area contributed by atoms with Gasteiger partial charge in [-0.2, -0.15) is 0 Å². The first-order chi connectivity index (χ1) is 8.82. The zero-order chi connectivity index (χ0) is 14.3. The summed E-state index contributed by atoms with van der Waals surface area (Å²) in [5, 5.41) is 3.39. The zero-order valence-corrected chi connectivity index (χ0v) is 12.5. The van der Waals surface area contributed by atoms with Gasteiger partial charge in [-0.25, -0.2) is 4.98 Å². The van der Waals surface area contributed by atoms with Crippen LogP contribution in [0.15, 0.2) is 4.79 Å². The minimum Gasteiger partial charge on any atom is -0.349 e. The molecule has 0 aliphatic heterocycles. The smallest absolute Gasteiger partial charge is 0.262 e. The Morgan fingerprint density at radius 2 is 2.00 bits per heavy atom. The summed E-state index contributed by atoms with van der Waals surface area (Å²) in [7, 11) is 1.69. The Bertz CT molecular complexity index is 713. The number of hydrogen-bond donors (Lipinski definition) is 1. The van der Waals surface area contributed by atoms with Crippen molar-refractivity contribution in [3.63, 3.8) is 0 Å². The first-order valence-corrected chi connectivity index (χ1v) is 6.92. The molecule has 0 spiro atoms. The summed E-state index contributed by atoms with van der Waals surface area (Å²) < 4.78 is 1.51. The highest BCUT2D eigenvalue weighted by molar-refractivity contribution is 7.20. The van der Waals surface area contributed by atoms with E-state index in [4.69, 9.17) is 0 Å². The van der Waals surface area contributed by atoms with Crippen molar-refractivity contribution in [1.29, 1.82) is 0 Å². The summed E-state index contributed by atoms with van der Waals surface area (Å²) in [5.74, 6) is 0.504. The van der Waals surface area contributed by atoms with Crippen LogP contribution in [-0.4, -0.2) is 21.5 Å². The molecule has 0 unspecified atom stereocenters. The summed E-state index contributed by atoms with van der Waals surface area (Å²) in [6, 6.07) is 0.0645. The van der Waals surface area contributed by atoms with Crippen molar-refractivity contribution < 1.29 is 4.79 Å². The second-order valence-corrected chi connectivity index (χ2v) is 5.89. The molecule has 1 amide bonds. The molecular weight excluding hydrogens is 262 g/mol. The monoisotopic (exact) mass is 279 g/mol. The van der Waals surface area contributed by atoms with E-state index in [1.165, 1.54) is 15.9 Å². The van der Waals surface area contributed by atoms with Crippen LogP contribution in [0.25, 0.3) is 10.2 Å². The highest BCUT2D eigenvalue weighted by Gasteiger charge is 2.20. The number of hydrogen-bond acceptors (Lipinski definition) is 4. The van der Waals surface area contributed by atoms with E-state index in [0.717, 1.165) is 0 Å². The number of nitrogens with one attached hydrogen (secondary N) is 1. The molecule has 6 heteroatoms. The molecule has 0 bridgehead atoms. The van der Waals surface area contributed by atoms with E-state index < -0.39 is 0 Å². The van der Waals surface area contributed by atoms with Crippen LogP contribution in [0.1, 0.15) is 34.9 Å². The fraction of sp³-hybridized carbons (Fsp3) is 0.462. The molecule has 5 nitrogen and oxygen atoms in total. The first-order valence-electron chi connectivity index (χ1n) is 6.10. The van der Waals surface area contributed by atoms with Gasteiger partial charge in [-0.15, -0.1) is 11.3 Å². The summed E-state index contributed by atoms with van der Waals surface area (Å²) in [6.07, 6.45) is 0. The summed E-state index contributed by atoms with van der Waals surface area (Å²) in [5.41, 5.74) is 0.617. The molecule has 102 valence electrons. The Morgan fingerprint density at radius 1 is 1.37 bits per heavy atom. The van der Waals surface area contributed by atoms with Gasteiger partial charge in [0.1, 0.15) is 10.7 Å². The molecular formula is C13H17N3O2S. The Labute approximate surface area is 115 Å². The third-order valence-electron chi connectivity index (χ3n) is 3.02. The molecule has 2 aromatic rings. The second kappa shape index (κ2) is 4.77. The Morgan fingerprint density at radius 3 is 2.58 bits per heavy atom. The lowest BCUT2D eigenvalue weighted by Crippen LogP contribution is -2.29. The quantitative estimate of drug-likeness (QED) is 0.911. The lowest BCUT2D eigenvalue weighted by atomic mass is 10.2. The van der Waals surface area contributed by atoms with Crippen molar-refractivity contribution in [3.8, 4) is 0 Å². The maximum atomic E-state index is 12.2. The van der Waals surface area contributed by atoms with Crippen LogP contribution in [0.3, 0.4) is 0 Å². The minimum atomic E-state index is -0.143. The van der Waals surface area contributed by atoms with Gasteiger partial charge in [-0.05, 0) is 33.3 Å². The van der Waals surface area contributed by atoms with Crippen LogP contribution in [-0.2, 0) is 7.05 Å². The third-order valence-corrected chi connectivity index (χ3v) is 4.21. The highest BCUT2D eigenvalue weighted by Crippen LogP contribution is 2.27. The van der Waals surface area contributed by atoms with Crippen LogP contribution in [0.2, 0.25) is 0 Å². The van der Waals surface area contributed by atoms with Crippen molar-refractivity contribution in [3.05, 3.63) is 26.6 Å². The Kier molecular flexibility index (Phi) is 3.45. The van der Waals surface area contributed by atoms with E-state index in [9.17, 15) is 9.59 Å². The molecule has 0 fully saturated rings. The number of rotatable bonds is 2. The average molecular weight is 279 g/mol. The number of aryl methyl sites for hydroxylation is 2. The third kappa shape index (κ3) is 2.28. The lowest BCUT2D eigenvalue weighted by Gasteiger charge is -2.06. The van der Waals surface area contributed by atoms with E-state index >= 15 is 0 Å². The molecule has 2 heterocycles. The molecule has 0 aliphatic carbocycles. The normalized spacial score (nSPS) is 11.3. The molecule has 0 saturated heterocycles. The lowest BCUT2D eigenvalue weighted by molar-refractivity contribution is 0.0947. The van der Waals surface area contributed by atoms with Crippen LogP contribution in [0, 0.1) is 13.8 Å². The van der Waals surface area contributed by atoms with Crippen LogP contribution >= 0.6 is 11.3 Å². The summed E-state index contributed by atoms with van der Waals surface area (Å²) in [4.78, 5) is 29.9. The number of amides is 1. The number of aromatic nitrogens is 2. The maximum absolute atomic E-state index is 12.2. The van der Waals surface area contributed by atoms with Gasteiger partial charge in [0.15, 0.2) is 0 Å². The zero-order valence-electron chi connectivity index (χ0n) is 11.7. The van der Waals surface area contributed by atoms with Gasteiger partial charge in [-0.3, -0.25) is 14.2 Å². The Hall–Kier alpha value is -1.69. The van der Waals surface area contributed by atoms with Gasteiger partial charge in [-0.1, -0.05) is 0 Å². The Balaban J connectivity index is 2.67. The number of carbonyl (C=O) groups is 1. The van der Waals surface area contributed by atoms with E-state index in [2.05, 4.69) is 10.3 Å². The van der Waals surface area contributed by atoms with Crippen molar-refractivity contribution in [2.45, 2.75) is 33.7 Å². The van der Waals surface area contributed by atoms with E-state index in [1.807, 2.05) is 13.8 Å². The largest absolute Gasteiger partial charge is 0.349 e. The van der Waals surface area contributed by atoms with E-state index in [0.29, 0.717) is 26.5 Å². The van der Waals surface area contributed by atoms with Crippen LogP contribution < -0.4 is 10.9 Å². The predicted molar refractivity (Wildman–Crippen MR) is 76.9 cm³/mol. The average Bonchev–Trinajstić information content (AvgIpc) is 2.63. The molecule has 0 atom stereocenters. The molecule has 2 aromatic heterocycles. The van der Waals surface area contributed by atoms with E-state index in [1.54, 1.807) is 20.9 Å². The molecule has 2 rings (SSSR count). The van der Waals surface area contributed by atoms with Gasteiger partial charge in [0.05, 0.1) is 10.3 Å². The van der Waals surface area contributed by atoms with Crippen molar-refractivity contribution >= 4 is 27.5 Å². The number of thiophene rings is 1. The molecule has 0 aliphatic rings. The number of carbonyl (C=O) groups excluding carboxylic acids is 1. The number of nitrogens with zero attached hydrogens (tertiary/aromatic N) is 2. The SMILES string of the molecule is Cc1c(C(=O)NC(C)C)sc2nc(C)n(C)c(=O)c12.